The SMILES string of the molecule is NNc1ccc(CN2CCC3(CCCCC3)C2)cn1. The Hall–Kier alpha value is -1.13. The number of anilines is 1. The third-order valence-electron chi connectivity index (χ3n) is 4.81. The number of nitrogen functional groups attached to an aromatic ring is 1. The van der Waals surface area contributed by atoms with Gasteiger partial charge < -0.3 is 5.43 Å². The predicted molar refractivity (Wildman–Crippen MR) is 77.5 cm³/mol. The summed E-state index contributed by atoms with van der Waals surface area (Å²) in [6.45, 7) is 3.56. The molecule has 104 valence electrons. The van der Waals surface area contributed by atoms with Crippen molar-refractivity contribution < 1.29 is 0 Å². The van der Waals surface area contributed by atoms with Crippen molar-refractivity contribution in [2.75, 3.05) is 18.5 Å². The normalized spacial score (nSPS) is 22.8. The summed E-state index contributed by atoms with van der Waals surface area (Å²) in [7, 11) is 0. The molecule has 4 nitrogen and oxygen atoms in total. The van der Waals surface area contributed by atoms with Crippen LogP contribution in [0, 0.1) is 5.41 Å². The van der Waals surface area contributed by atoms with Gasteiger partial charge in [0, 0.05) is 19.3 Å². The quantitative estimate of drug-likeness (QED) is 0.648. The molecule has 4 heteroatoms. The molecule has 0 radical (unpaired) electrons. The van der Waals surface area contributed by atoms with Gasteiger partial charge in [-0.15, -0.1) is 0 Å². The Morgan fingerprint density at radius 3 is 2.74 bits per heavy atom. The zero-order valence-corrected chi connectivity index (χ0v) is 11.6. The average Bonchev–Trinajstić information content (AvgIpc) is 2.83. The largest absolute Gasteiger partial charge is 0.308 e. The number of nitrogens with zero attached hydrogens (tertiary/aromatic N) is 2. The van der Waals surface area contributed by atoms with E-state index in [9.17, 15) is 0 Å². The third kappa shape index (κ3) is 2.90. The first kappa shape index (κ1) is 12.9. The van der Waals surface area contributed by atoms with Gasteiger partial charge in [0.05, 0.1) is 0 Å². The van der Waals surface area contributed by atoms with Crippen LogP contribution in [0.4, 0.5) is 5.82 Å². The predicted octanol–water partition coefficient (Wildman–Crippen LogP) is 2.52. The van der Waals surface area contributed by atoms with Crippen molar-refractivity contribution in [2.24, 2.45) is 11.3 Å². The molecule has 1 saturated heterocycles. The highest BCUT2D eigenvalue weighted by molar-refractivity contribution is 5.33. The Kier molecular flexibility index (Phi) is 3.71. The van der Waals surface area contributed by atoms with Crippen LogP contribution in [0.1, 0.15) is 44.1 Å². The maximum Gasteiger partial charge on any atom is 0.139 e. The molecule has 0 amide bonds. The number of nitrogens with one attached hydrogen (secondary N) is 1. The highest BCUT2D eigenvalue weighted by Crippen LogP contribution is 2.43. The molecule has 0 unspecified atom stereocenters. The van der Waals surface area contributed by atoms with Crippen LogP contribution >= 0.6 is 0 Å². The summed E-state index contributed by atoms with van der Waals surface area (Å²) >= 11 is 0. The lowest BCUT2D eigenvalue weighted by Gasteiger charge is -2.33. The fraction of sp³-hybridized carbons (Fsp3) is 0.667. The van der Waals surface area contributed by atoms with Crippen LogP contribution in [0.25, 0.3) is 0 Å². The van der Waals surface area contributed by atoms with E-state index in [1.807, 2.05) is 12.3 Å². The topological polar surface area (TPSA) is 54.2 Å². The Morgan fingerprint density at radius 2 is 2.05 bits per heavy atom. The number of aromatic nitrogens is 1. The van der Waals surface area contributed by atoms with Crippen LogP contribution in [-0.2, 0) is 6.54 Å². The molecule has 1 spiro atoms. The molecule has 19 heavy (non-hydrogen) atoms. The molecule has 1 aromatic heterocycles. The summed E-state index contributed by atoms with van der Waals surface area (Å²) in [6.07, 6.45) is 10.5. The molecule has 1 aromatic rings. The first-order valence-corrected chi connectivity index (χ1v) is 7.44. The zero-order chi connectivity index (χ0) is 13.1. The Labute approximate surface area is 115 Å². The van der Waals surface area contributed by atoms with E-state index in [4.69, 9.17) is 5.84 Å². The van der Waals surface area contributed by atoms with Gasteiger partial charge in [0.1, 0.15) is 5.82 Å². The molecule has 2 heterocycles. The maximum absolute atomic E-state index is 5.33. The van der Waals surface area contributed by atoms with Crippen molar-refractivity contribution >= 4 is 5.82 Å². The van der Waals surface area contributed by atoms with E-state index in [2.05, 4.69) is 21.4 Å². The summed E-state index contributed by atoms with van der Waals surface area (Å²) < 4.78 is 0. The first-order chi connectivity index (χ1) is 9.30. The zero-order valence-electron chi connectivity index (χ0n) is 11.6. The summed E-state index contributed by atoms with van der Waals surface area (Å²) in [4.78, 5) is 6.88. The number of rotatable bonds is 3. The summed E-state index contributed by atoms with van der Waals surface area (Å²) in [5.74, 6) is 6.06. The maximum atomic E-state index is 5.33. The smallest absolute Gasteiger partial charge is 0.139 e. The van der Waals surface area contributed by atoms with E-state index < -0.39 is 0 Å². The number of pyridine rings is 1. The van der Waals surface area contributed by atoms with Crippen LogP contribution in [-0.4, -0.2) is 23.0 Å². The van der Waals surface area contributed by atoms with Gasteiger partial charge in [-0.05, 0) is 42.9 Å². The van der Waals surface area contributed by atoms with Gasteiger partial charge in [0.2, 0.25) is 0 Å². The molecule has 1 saturated carbocycles. The van der Waals surface area contributed by atoms with Crippen LogP contribution in [0.2, 0.25) is 0 Å². The lowest BCUT2D eigenvalue weighted by Crippen LogP contribution is -2.29. The van der Waals surface area contributed by atoms with Crippen molar-refractivity contribution in [3.8, 4) is 0 Å². The second kappa shape index (κ2) is 5.47. The van der Waals surface area contributed by atoms with Gasteiger partial charge in [-0.3, -0.25) is 4.90 Å². The Morgan fingerprint density at radius 1 is 1.21 bits per heavy atom. The van der Waals surface area contributed by atoms with Crippen LogP contribution < -0.4 is 11.3 Å². The Balaban J connectivity index is 1.58. The molecule has 2 aliphatic rings. The van der Waals surface area contributed by atoms with E-state index >= 15 is 0 Å². The molecule has 2 fully saturated rings. The van der Waals surface area contributed by atoms with Gasteiger partial charge in [0.15, 0.2) is 0 Å². The fourth-order valence-electron chi connectivity index (χ4n) is 3.73. The number of hydrogen-bond donors (Lipinski definition) is 2. The highest BCUT2D eigenvalue weighted by Gasteiger charge is 2.38. The van der Waals surface area contributed by atoms with Crippen molar-refractivity contribution in [1.29, 1.82) is 0 Å². The van der Waals surface area contributed by atoms with Gasteiger partial charge in [0.25, 0.3) is 0 Å². The standard InChI is InChI=1S/C15H24N4/c16-18-14-5-4-13(10-17-14)11-19-9-8-15(12-19)6-2-1-3-7-15/h4-5,10H,1-3,6-9,11-12,16H2,(H,17,18). The molecule has 0 atom stereocenters. The molecule has 1 aliphatic heterocycles. The van der Waals surface area contributed by atoms with Gasteiger partial charge in [-0.25, -0.2) is 10.8 Å². The van der Waals surface area contributed by atoms with E-state index in [-0.39, 0.29) is 0 Å². The highest BCUT2D eigenvalue weighted by atomic mass is 15.2. The number of likely N-dealkylation sites (tertiary alicyclic amines) is 1. The minimum Gasteiger partial charge on any atom is -0.308 e. The Bertz CT molecular complexity index is 409. The molecule has 3 rings (SSSR count). The van der Waals surface area contributed by atoms with Crippen molar-refractivity contribution in [3.63, 3.8) is 0 Å². The van der Waals surface area contributed by atoms with Gasteiger partial charge in [-0.2, -0.15) is 0 Å². The third-order valence-corrected chi connectivity index (χ3v) is 4.81. The first-order valence-electron chi connectivity index (χ1n) is 7.44. The molecule has 0 bridgehead atoms. The number of hydrazine groups is 1. The molecule has 0 aromatic carbocycles. The van der Waals surface area contributed by atoms with E-state index in [0.717, 1.165) is 12.4 Å². The molecular weight excluding hydrogens is 236 g/mol. The van der Waals surface area contributed by atoms with Crippen molar-refractivity contribution in [3.05, 3.63) is 23.9 Å². The van der Waals surface area contributed by atoms with Crippen molar-refractivity contribution in [2.45, 2.75) is 45.1 Å². The van der Waals surface area contributed by atoms with Gasteiger partial charge >= 0.3 is 0 Å². The van der Waals surface area contributed by atoms with Gasteiger partial charge in [-0.1, -0.05) is 25.3 Å². The van der Waals surface area contributed by atoms with Crippen LogP contribution in [0.3, 0.4) is 0 Å². The van der Waals surface area contributed by atoms with E-state index in [0.29, 0.717) is 5.41 Å². The lowest BCUT2D eigenvalue weighted by atomic mass is 9.73. The monoisotopic (exact) mass is 260 g/mol. The summed E-state index contributed by atoms with van der Waals surface area (Å²) in [6, 6.07) is 4.07. The molecule has 1 aliphatic carbocycles. The molecule has 3 N–H and O–H groups in total. The van der Waals surface area contributed by atoms with Crippen LogP contribution in [0.5, 0.6) is 0 Å². The average molecular weight is 260 g/mol. The molecular formula is C15H24N4. The summed E-state index contributed by atoms with van der Waals surface area (Å²) in [5.41, 5.74) is 4.50. The van der Waals surface area contributed by atoms with E-state index in [1.165, 1.54) is 57.2 Å². The summed E-state index contributed by atoms with van der Waals surface area (Å²) in [5, 5.41) is 0. The van der Waals surface area contributed by atoms with E-state index in [1.54, 1.807) is 0 Å². The van der Waals surface area contributed by atoms with Crippen molar-refractivity contribution in [1.82, 2.24) is 9.88 Å². The lowest BCUT2D eigenvalue weighted by molar-refractivity contribution is 0.183. The minimum absolute atomic E-state index is 0.643. The minimum atomic E-state index is 0.643. The number of hydrogen-bond acceptors (Lipinski definition) is 4. The fourth-order valence-corrected chi connectivity index (χ4v) is 3.73. The second-order valence-electron chi connectivity index (χ2n) is 6.22. The second-order valence-corrected chi connectivity index (χ2v) is 6.22. The van der Waals surface area contributed by atoms with Crippen LogP contribution in [0.15, 0.2) is 18.3 Å². The number of nitrogens with two attached hydrogens (primary N) is 1.